The molecule has 0 spiro atoms. The molecule has 2 aromatic rings. The lowest BCUT2D eigenvalue weighted by Crippen LogP contribution is -2.58. The van der Waals surface area contributed by atoms with Gasteiger partial charge in [-0.3, -0.25) is 4.79 Å². The van der Waals surface area contributed by atoms with E-state index >= 15 is 0 Å². The highest BCUT2D eigenvalue weighted by Crippen LogP contribution is 2.30. The van der Waals surface area contributed by atoms with E-state index in [1.54, 1.807) is 18.3 Å². The van der Waals surface area contributed by atoms with Crippen molar-refractivity contribution in [3.8, 4) is 0 Å². The summed E-state index contributed by atoms with van der Waals surface area (Å²) in [5.74, 6) is 1.32. The maximum absolute atomic E-state index is 12.4. The van der Waals surface area contributed by atoms with Gasteiger partial charge >= 0.3 is 0 Å². The summed E-state index contributed by atoms with van der Waals surface area (Å²) in [6.45, 7) is 5.57. The van der Waals surface area contributed by atoms with Crippen LogP contribution in [0.4, 0.5) is 11.8 Å². The smallest absolute Gasteiger partial charge is 0.239 e. The van der Waals surface area contributed by atoms with Gasteiger partial charge in [0.1, 0.15) is 5.02 Å². The Morgan fingerprint density at radius 1 is 1.20 bits per heavy atom. The Labute approximate surface area is 190 Å². The number of carbonyl (C=O) groups is 1. The molecule has 7 nitrogen and oxygen atoms in total. The van der Waals surface area contributed by atoms with Crippen LogP contribution in [0.15, 0.2) is 24.4 Å². The Morgan fingerprint density at radius 3 is 2.57 bits per heavy atom. The molecular weight excluding hydrogens is 447 g/mol. The Morgan fingerprint density at radius 2 is 1.93 bits per heavy atom. The van der Waals surface area contributed by atoms with Gasteiger partial charge in [0.2, 0.25) is 11.9 Å². The number of nitrogens with zero attached hydrogens (tertiary/aromatic N) is 4. The second kappa shape index (κ2) is 9.14. The zero-order valence-electron chi connectivity index (χ0n) is 16.5. The van der Waals surface area contributed by atoms with Crippen LogP contribution in [0, 0.1) is 0 Å². The molecule has 160 valence electrons. The molecule has 2 saturated heterocycles. The molecule has 2 fully saturated rings. The maximum Gasteiger partial charge on any atom is 0.239 e. The maximum atomic E-state index is 12.4. The van der Waals surface area contributed by atoms with E-state index in [4.69, 9.17) is 34.8 Å². The van der Waals surface area contributed by atoms with Crippen LogP contribution in [0.3, 0.4) is 0 Å². The van der Waals surface area contributed by atoms with E-state index in [1.807, 2.05) is 17.9 Å². The van der Waals surface area contributed by atoms with E-state index in [-0.39, 0.29) is 18.0 Å². The molecule has 1 aromatic heterocycles. The van der Waals surface area contributed by atoms with Crippen molar-refractivity contribution >= 4 is 52.5 Å². The first-order valence-corrected chi connectivity index (χ1v) is 11.1. The number of amides is 1. The normalized spacial score (nSPS) is 19.9. The lowest BCUT2D eigenvalue weighted by molar-refractivity contribution is -0.135. The van der Waals surface area contributed by atoms with Crippen LogP contribution in [-0.4, -0.2) is 59.5 Å². The summed E-state index contributed by atoms with van der Waals surface area (Å²) < 4.78 is 0. The van der Waals surface area contributed by atoms with Crippen LogP contribution >= 0.6 is 34.8 Å². The van der Waals surface area contributed by atoms with E-state index in [0.717, 1.165) is 18.5 Å². The van der Waals surface area contributed by atoms with E-state index in [0.29, 0.717) is 53.0 Å². The minimum Gasteiger partial charge on any atom is -0.362 e. The molecule has 0 radical (unpaired) electrons. The van der Waals surface area contributed by atoms with Crippen molar-refractivity contribution in [3.63, 3.8) is 0 Å². The molecule has 2 N–H and O–H groups in total. The largest absolute Gasteiger partial charge is 0.362 e. The van der Waals surface area contributed by atoms with Crippen LogP contribution < -0.4 is 15.5 Å². The number of anilines is 2. The van der Waals surface area contributed by atoms with Gasteiger partial charge in [0.15, 0.2) is 5.82 Å². The van der Waals surface area contributed by atoms with Gasteiger partial charge in [0.25, 0.3) is 0 Å². The Balaban J connectivity index is 1.42. The lowest BCUT2D eigenvalue weighted by Gasteiger charge is -2.38. The molecular formula is C20H23Cl3N6O. The number of benzene rings is 1. The molecule has 2 aliphatic rings. The number of aromatic nitrogens is 2. The fourth-order valence-corrected chi connectivity index (χ4v) is 4.31. The minimum atomic E-state index is -0.125. The highest BCUT2D eigenvalue weighted by Gasteiger charge is 2.31. The molecule has 2 atom stereocenters. The van der Waals surface area contributed by atoms with Crippen LogP contribution in [0.1, 0.15) is 24.9 Å². The van der Waals surface area contributed by atoms with Gasteiger partial charge in [0.05, 0.1) is 18.3 Å². The minimum absolute atomic E-state index is 0.0136. The molecule has 0 aliphatic carbocycles. The van der Waals surface area contributed by atoms with E-state index in [9.17, 15) is 4.79 Å². The summed E-state index contributed by atoms with van der Waals surface area (Å²) >= 11 is 18.7. The summed E-state index contributed by atoms with van der Waals surface area (Å²) in [5.41, 5.74) is 0.897. The fraction of sp³-hybridized carbons (Fsp3) is 0.450. The van der Waals surface area contributed by atoms with Gasteiger partial charge in [-0.1, -0.05) is 40.9 Å². The number of halogens is 3. The number of carbonyl (C=O) groups excluding carboxylic acids is 1. The average molecular weight is 470 g/mol. The predicted octanol–water partition coefficient (Wildman–Crippen LogP) is 3.62. The van der Waals surface area contributed by atoms with Crippen molar-refractivity contribution in [1.82, 2.24) is 20.2 Å². The number of hydrogen-bond donors (Lipinski definition) is 2. The van der Waals surface area contributed by atoms with Crippen LogP contribution in [0.2, 0.25) is 15.1 Å². The van der Waals surface area contributed by atoms with Crippen LogP contribution in [0.25, 0.3) is 0 Å². The van der Waals surface area contributed by atoms with Gasteiger partial charge in [-0.05, 0) is 37.6 Å². The van der Waals surface area contributed by atoms with Gasteiger partial charge < -0.3 is 20.4 Å². The van der Waals surface area contributed by atoms with Crippen molar-refractivity contribution in [2.75, 3.05) is 42.9 Å². The molecule has 10 heteroatoms. The standard InChI is InChI=1S/C20H23Cl3N6O/c1-12(14-3-2-13(21)10-15(14)22)26-18-16(23)11-25-20(27-18)29-8-6-28(7-9-29)19(30)17-4-5-24-17/h2-3,10-12,17,24H,4-9H2,1H3,(H,25,26,27)/t12?,17-/m1/s1. The first-order valence-electron chi connectivity index (χ1n) is 9.93. The third-order valence-corrected chi connectivity index (χ3v) is 6.35. The van der Waals surface area contributed by atoms with Crippen molar-refractivity contribution < 1.29 is 4.79 Å². The zero-order chi connectivity index (χ0) is 21.3. The molecule has 30 heavy (non-hydrogen) atoms. The summed E-state index contributed by atoms with van der Waals surface area (Å²) in [4.78, 5) is 25.4. The van der Waals surface area contributed by atoms with Crippen molar-refractivity contribution in [2.24, 2.45) is 0 Å². The van der Waals surface area contributed by atoms with Crippen molar-refractivity contribution in [1.29, 1.82) is 0 Å². The third-order valence-electron chi connectivity index (χ3n) is 5.51. The molecule has 4 rings (SSSR count). The van der Waals surface area contributed by atoms with Gasteiger partial charge in [0, 0.05) is 36.2 Å². The molecule has 0 bridgehead atoms. The van der Waals surface area contributed by atoms with Gasteiger partial charge in [-0.25, -0.2) is 4.98 Å². The summed E-state index contributed by atoms with van der Waals surface area (Å²) in [6.07, 6.45) is 2.52. The monoisotopic (exact) mass is 468 g/mol. The highest BCUT2D eigenvalue weighted by atomic mass is 35.5. The van der Waals surface area contributed by atoms with Crippen LogP contribution in [-0.2, 0) is 4.79 Å². The van der Waals surface area contributed by atoms with Crippen LogP contribution in [0.5, 0.6) is 0 Å². The summed E-state index contributed by atoms with van der Waals surface area (Å²) in [7, 11) is 0. The first kappa shape index (κ1) is 21.4. The van der Waals surface area contributed by atoms with Crippen molar-refractivity contribution in [2.45, 2.75) is 25.4 Å². The number of piperazine rings is 1. The Hall–Kier alpha value is -1.80. The highest BCUT2D eigenvalue weighted by molar-refractivity contribution is 6.35. The Bertz CT molecular complexity index is 931. The first-order chi connectivity index (χ1) is 14.4. The second-order valence-electron chi connectivity index (χ2n) is 7.51. The van der Waals surface area contributed by atoms with Gasteiger partial charge in [-0.15, -0.1) is 0 Å². The molecule has 3 heterocycles. The molecule has 0 saturated carbocycles. The number of rotatable bonds is 5. The van der Waals surface area contributed by atoms with E-state index in [1.165, 1.54) is 0 Å². The SMILES string of the molecule is CC(Nc1nc(N2CCN(C(=O)[C@H]3CCN3)CC2)ncc1Cl)c1ccc(Cl)cc1Cl. The summed E-state index contributed by atoms with van der Waals surface area (Å²) in [6, 6.07) is 5.25. The quantitative estimate of drug-likeness (QED) is 0.697. The Kier molecular flexibility index (Phi) is 6.53. The average Bonchev–Trinajstić information content (AvgIpc) is 2.68. The van der Waals surface area contributed by atoms with Crippen molar-refractivity contribution in [3.05, 3.63) is 45.0 Å². The lowest BCUT2D eigenvalue weighted by atomic mass is 10.1. The molecule has 1 unspecified atom stereocenters. The molecule has 2 aliphatic heterocycles. The fourth-order valence-electron chi connectivity index (χ4n) is 3.59. The van der Waals surface area contributed by atoms with Gasteiger partial charge in [-0.2, -0.15) is 4.98 Å². The molecule has 1 amide bonds. The summed E-state index contributed by atoms with van der Waals surface area (Å²) in [5, 5.41) is 8.08. The van der Waals surface area contributed by atoms with E-state index < -0.39 is 0 Å². The van der Waals surface area contributed by atoms with E-state index in [2.05, 4.69) is 25.5 Å². The predicted molar refractivity (Wildman–Crippen MR) is 121 cm³/mol. The molecule has 1 aromatic carbocycles. The zero-order valence-corrected chi connectivity index (χ0v) is 18.8. The topological polar surface area (TPSA) is 73.4 Å². The number of nitrogens with one attached hydrogen (secondary N) is 2. The third kappa shape index (κ3) is 4.59. The number of hydrogen-bond acceptors (Lipinski definition) is 6. The second-order valence-corrected chi connectivity index (χ2v) is 8.76.